The van der Waals surface area contributed by atoms with Crippen LogP contribution in [0.25, 0.3) is 0 Å². The average molecular weight is 411 g/mol. The van der Waals surface area contributed by atoms with Crippen molar-refractivity contribution in [1.82, 2.24) is 4.90 Å². The molecule has 1 aliphatic rings. The number of benzene rings is 2. The Balaban J connectivity index is 1.51. The Hall–Kier alpha value is -2.86. The van der Waals surface area contributed by atoms with E-state index < -0.39 is 0 Å². The molecule has 0 saturated carbocycles. The molecule has 2 aromatic rings. The second-order valence-corrected chi connectivity index (χ2v) is 7.84. The van der Waals surface area contributed by atoms with Gasteiger partial charge in [0.1, 0.15) is 5.75 Å². The van der Waals surface area contributed by atoms with Gasteiger partial charge in [-0.2, -0.15) is 0 Å². The van der Waals surface area contributed by atoms with Gasteiger partial charge in [0, 0.05) is 30.9 Å². The fourth-order valence-electron chi connectivity index (χ4n) is 3.59. The maximum absolute atomic E-state index is 12.8. The molecule has 2 N–H and O–H groups in total. The third kappa shape index (κ3) is 5.60. The molecule has 6 nitrogen and oxygen atoms in total. The standard InChI is InChI=1S/C24H30N2O4/c1-17-5-3-8-22(18(17)2)30-14-11-23(28)25-21-7-4-6-20(15-21)24(29)26-12-9-19(16-27)10-13-26/h3-8,15,19,27H,9-14,16H2,1-2H3,(H,25,28). The molecular formula is C24H30N2O4. The molecule has 1 aliphatic heterocycles. The molecular weight excluding hydrogens is 380 g/mol. The van der Waals surface area contributed by atoms with Gasteiger partial charge in [-0.25, -0.2) is 0 Å². The number of piperidine rings is 1. The third-order valence-electron chi connectivity index (χ3n) is 5.69. The second kappa shape index (κ2) is 10.3. The number of ether oxygens (including phenoxy) is 1. The fraction of sp³-hybridized carbons (Fsp3) is 0.417. The lowest BCUT2D eigenvalue weighted by Crippen LogP contribution is -2.39. The number of carbonyl (C=O) groups excluding carboxylic acids is 2. The zero-order chi connectivity index (χ0) is 21.5. The van der Waals surface area contributed by atoms with Gasteiger partial charge in [-0.05, 0) is 68.0 Å². The van der Waals surface area contributed by atoms with E-state index in [0.29, 0.717) is 24.3 Å². The minimum atomic E-state index is -0.159. The third-order valence-corrected chi connectivity index (χ3v) is 5.69. The maximum atomic E-state index is 12.8. The molecule has 0 bridgehead atoms. The highest BCUT2D eigenvalue weighted by molar-refractivity contribution is 5.97. The number of aliphatic hydroxyl groups is 1. The van der Waals surface area contributed by atoms with Gasteiger partial charge in [0.05, 0.1) is 13.0 Å². The summed E-state index contributed by atoms with van der Waals surface area (Å²) in [5, 5.41) is 12.1. The van der Waals surface area contributed by atoms with E-state index in [4.69, 9.17) is 4.74 Å². The Morgan fingerprint density at radius 3 is 2.60 bits per heavy atom. The van der Waals surface area contributed by atoms with Crippen LogP contribution in [0.15, 0.2) is 42.5 Å². The number of carbonyl (C=O) groups is 2. The van der Waals surface area contributed by atoms with Crippen molar-refractivity contribution < 1.29 is 19.4 Å². The molecule has 1 fully saturated rings. The minimum Gasteiger partial charge on any atom is -0.493 e. The zero-order valence-electron chi connectivity index (χ0n) is 17.7. The van der Waals surface area contributed by atoms with Gasteiger partial charge >= 0.3 is 0 Å². The summed E-state index contributed by atoms with van der Waals surface area (Å²) in [6, 6.07) is 12.9. The van der Waals surface area contributed by atoms with Crippen molar-refractivity contribution in [3.05, 3.63) is 59.2 Å². The number of rotatable bonds is 7. The van der Waals surface area contributed by atoms with Crippen LogP contribution in [0.3, 0.4) is 0 Å². The highest BCUT2D eigenvalue weighted by Gasteiger charge is 2.23. The molecule has 3 rings (SSSR count). The molecule has 0 aliphatic carbocycles. The molecule has 0 atom stereocenters. The SMILES string of the molecule is Cc1cccc(OCCC(=O)Nc2cccc(C(=O)N3CCC(CO)CC3)c2)c1C. The normalized spacial score (nSPS) is 14.4. The number of aryl methyl sites for hydroxylation is 1. The Morgan fingerprint density at radius 1 is 1.13 bits per heavy atom. The number of nitrogens with zero attached hydrogens (tertiary/aromatic N) is 1. The van der Waals surface area contributed by atoms with Crippen molar-refractivity contribution in [3.8, 4) is 5.75 Å². The Bertz CT molecular complexity index is 889. The highest BCUT2D eigenvalue weighted by atomic mass is 16.5. The first-order valence-corrected chi connectivity index (χ1v) is 10.5. The first-order chi connectivity index (χ1) is 14.5. The Labute approximate surface area is 177 Å². The van der Waals surface area contributed by atoms with Crippen LogP contribution in [-0.2, 0) is 4.79 Å². The van der Waals surface area contributed by atoms with Gasteiger partial charge in [-0.15, -0.1) is 0 Å². The lowest BCUT2D eigenvalue weighted by atomic mass is 9.97. The molecule has 1 saturated heterocycles. The summed E-state index contributed by atoms with van der Waals surface area (Å²) in [6.07, 6.45) is 1.86. The second-order valence-electron chi connectivity index (χ2n) is 7.84. The van der Waals surface area contributed by atoms with Crippen molar-refractivity contribution in [2.45, 2.75) is 33.1 Å². The van der Waals surface area contributed by atoms with Crippen molar-refractivity contribution >= 4 is 17.5 Å². The quantitative estimate of drug-likeness (QED) is 0.732. The smallest absolute Gasteiger partial charge is 0.253 e. The molecule has 1 heterocycles. The number of hydrogen-bond acceptors (Lipinski definition) is 4. The molecule has 2 aromatic carbocycles. The van der Waals surface area contributed by atoms with E-state index in [-0.39, 0.29) is 37.4 Å². The number of anilines is 1. The van der Waals surface area contributed by atoms with E-state index >= 15 is 0 Å². The van der Waals surface area contributed by atoms with E-state index in [2.05, 4.69) is 5.32 Å². The van der Waals surface area contributed by atoms with E-state index in [1.165, 1.54) is 0 Å². The Morgan fingerprint density at radius 2 is 1.87 bits per heavy atom. The van der Waals surface area contributed by atoms with Crippen LogP contribution in [0, 0.1) is 19.8 Å². The predicted molar refractivity (Wildman–Crippen MR) is 117 cm³/mol. The predicted octanol–water partition coefficient (Wildman–Crippen LogP) is 3.56. The lowest BCUT2D eigenvalue weighted by molar-refractivity contribution is -0.116. The zero-order valence-corrected chi connectivity index (χ0v) is 17.7. The molecule has 0 spiro atoms. The summed E-state index contributed by atoms with van der Waals surface area (Å²) in [4.78, 5) is 26.9. The maximum Gasteiger partial charge on any atom is 0.253 e. The number of aliphatic hydroxyl groups excluding tert-OH is 1. The first kappa shape index (κ1) is 21.8. The van der Waals surface area contributed by atoms with E-state index in [1.807, 2.05) is 36.9 Å². The largest absolute Gasteiger partial charge is 0.493 e. The van der Waals surface area contributed by atoms with Crippen LogP contribution in [0.5, 0.6) is 5.75 Å². The average Bonchev–Trinajstić information content (AvgIpc) is 2.76. The van der Waals surface area contributed by atoms with E-state index in [1.54, 1.807) is 24.3 Å². The van der Waals surface area contributed by atoms with Crippen molar-refractivity contribution in [2.75, 3.05) is 31.6 Å². The van der Waals surface area contributed by atoms with Gasteiger partial charge in [0.2, 0.25) is 5.91 Å². The van der Waals surface area contributed by atoms with Crippen molar-refractivity contribution in [2.24, 2.45) is 5.92 Å². The van der Waals surface area contributed by atoms with Crippen LogP contribution >= 0.6 is 0 Å². The topological polar surface area (TPSA) is 78.9 Å². The van der Waals surface area contributed by atoms with Crippen LogP contribution < -0.4 is 10.1 Å². The fourth-order valence-corrected chi connectivity index (χ4v) is 3.59. The van der Waals surface area contributed by atoms with Gasteiger partial charge in [0.25, 0.3) is 5.91 Å². The van der Waals surface area contributed by atoms with Gasteiger partial charge in [-0.3, -0.25) is 9.59 Å². The molecule has 0 radical (unpaired) electrons. The van der Waals surface area contributed by atoms with Crippen molar-refractivity contribution in [3.63, 3.8) is 0 Å². The summed E-state index contributed by atoms with van der Waals surface area (Å²) < 4.78 is 5.75. The number of likely N-dealkylation sites (tertiary alicyclic amines) is 1. The van der Waals surface area contributed by atoms with Crippen LogP contribution in [0.1, 0.15) is 40.7 Å². The summed E-state index contributed by atoms with van der Waals surface area (Å²) in [7, 11) is 0. The molecule has 30 heavy (non-hydrogen) atoms. The van der Waals surface area contributed by atoms with Gasteiger partial charge in [-0.1, -0.05) is 18.2 Å². The molecule has 0 unspecified atom stereocenters. The van der Waals surface area contributed by atoms with Gasteiger partial charge in [0.15, 0.2) is 0 Å². The van der Waals surface area contributed by atoms with Crippen LogP contribution in [0.4, 0.5) is 5.69 Å². The summed E-state index contributed by atoms with van der Waals surface area (Å²) in [5.74, 6) is 0.875. The van der Waals surface area contributed by atoms with Crippen LogP contribution in [0.2, 0.25) is 0 Å². The minimum absolute atomic E-state index is 0.0410. The number of nitrogens with one attached hydrogen (secondary N) is 1. The molecule has 0 aromatic heterocycles. The summed E-state index contributed by atoms with van der Waals surface area (Å²) in [5.41, 5.74) is 3.39. The number of amides is 2. The molecule has 160 valence electrons. The lowest BCUT2D eigenvalue weighted by Gasteiger charge is -2.31. The molecule has 6 heteroatoms. The van der Waals surface area contributed by atoms with Crippen molar-refractivity contribution in [1.29, 1.82) is 0 Å². The Kier molecular flexibility index (Phi) is 7.46. The monoisotopic (exact) mass is 410 g/mol. The summed E-state index contributed by atoms with van der Waals surface area (Å²) >= 11 is 0. The van der Waals surface area contributed by atoms with Gasteiger partial charge < -0.3 is 20.1 Å². The molecule has 2 amide bonds. The first-order valence-electron chi connectivity index (χ1n) is 10.5. The van der Waals surface area contributed by atoms with Crippen LogP contribution in [-0.4, -0.2) is 48.1 Å². The number of hydrogen-bond donors (Lipinski definition) is 2. The van der Waals surface area contributed by atoms with E-state index in [9.17, 15) is 14.7 Å². The van der Waals surface area contributed by atoms with E-state index in [0.717, 1.165) is 29.7 Å². The summed E-state index contributed by atoms with van der Waals surface area (Å²) in [6.45, 7) is 5.79. The highest BCUT2D eigenvalue weighted by Crippen LogP contribution is 2.21.